The average Bonchev–Trinajstić information content (AvgIpc) is 2.28. The Labute approximate surface area is 115 Å². The highest BCUT2D eigenvalue weighted by Gasteiger charge is 2.23. The van der Waals surface area contributed by atoms with E-state index < -0.39 is 33.8 Å². The number of nitrogens with zero attached hydrogens (tertiary/aromatic N) is 1. The van der Waals surface area contributed by atoms with Crippen molar-refractivity contribution >= 4 is 11.7 Å². The normalized spacial score (nSPS) is 12.8. The number of nitrogens with two attached hydrogens (primary N) is 1. The number of aromatic amines is 1. The minimum atomic E-state index is -0.959. The summed E-state index contributed by atoms with van der Waals surface area (Å²) in [6.45, 7) is 5.13. The van der Waals surface area contributed by atoms with Crippen LogP contribution in [0.1, 0.15) is 26.3 Å². The first-order valence-corrected chi connectivity index (χ1v) is 5.94. The first-order valence-electron chi connectivity index (χ1n) is 5.94. The van der Waals surface area contributed by atoms with Gasteiger partial charge in [0.15, 0.2) is 0 Å². The van der Waals surface area contributed by atoms with Gasteiger partial charge in [-0.25, -0.2) is 0 Å². The summed E-state index contributed by atoms with van der Waals surface area (Å²) in [5.74, 6) is -0.605. The molecule has 1 unspecified atom stereocenters. The smallest absolute Gasteiger partial charge is 0.334 e. The van der Waals surface area contributed by atoms with Crippen LogP contribution in [0.2, 0.25) is 0 Å². The van der Waals surface area contributed by atoms with Gasteiger partial charge in [0.2, 0.25) is 0 Å². The summed E-state index contributed by atoms with van der Waals surface area (Å²) in [6, 6.07) is 0.142. The third-order valence-electron chi connectivity index (χ3n) is 2.31. The number of rotatable bonds is 4. The molecule has 0 aliphatic carbocycles. The van der Waals surface area contributed by atoms with Crippen LogP contribution < -0.4 is 11.3 Å². The molecule has 110 valence electrons. The van der Waals surface area contributed by atoms with E-state index in [0.717, 1.165) is 6.07 Å². The molecule has 0 aliphatic heterocycles. The molecule has 8 nitrogen and oxygen atoms in total. The Balaban J connectivity index is 2.83. The molecule has 0 aliphatic rings. The van der Waals surface area contributed by atoms with E-state index in [2.05, 4.69) is 4.98 Å². The predicted molar refractivity (Wildman–Crippen MR) is 71.2 cm³/mol. The Morgan fingerprint density at radius 2 is 2.15 bits per heavy atom. The van der Waals surface area contributed by atoms with Crippen molar-refractivity contribution in [3.8, 4) is 0 Å². The lowest BCUT2D eigenvalue weighted by molar-refractivity contribution is -0.386. The van der Waals surface area contributed by atoms with Gasteiger partial charge in [0.25, 0.3) is 0 Å². The van der Waals surface area contributed by atoms with Gasteiger partial charge in [0.1, 0.15) is 11.6 Å². The molecule has 0 fully saturated rings. The molecule has 1 heterocycles. The van der Waals surface area contributed by atoms with Crippen LogP contribution in [0.15, 0.2) is 17.1 Å². The van der Waals surface area contributed by atoms with E-state index >= 15 is 0 Å². The maximum atomic E-state index is 11.7. The zero-order valence-electron chi connectivity index (χ0n) is 11.5. The summed E-state index contributed by atoms with van der Waals surface area (Å²) in [5.41, 5.74) is 4.02. The summed E-state index contributed by atoms with van der Waals surface area (Å²) < 4.78 is 5.10. The Kier molecular flexibility index (Phi) is 4.61. The number of ether oxygens (including phenoxy) is 1. The highest BCUT2D eigenvalue weighted by atomic mass is 16.6. The van der Waals surface area contributed by atoms with E-state index in [1.165, 1.54) is 6.20 Å². The fourth-order valence-electron chi connectivity index (χ4n) is 1.48. The molecule has 1 rings (SSSR count). The molecular weight excluding hydrogens is 266 g/mol. The number of H-pyrrole nitrogens is 1. The molecule has 20 heavy (non-hydrogen) atoms. The number of nitro groups is 1. The van der Waals surface area contributed by atoms with E-state index in [9.17, 15) is 19.7 Å². The van der Waals surface area contributed by atoms with E-state index in [1.54, 1.807) is 20.8 Å². The van der Waals surface area contributed by atoms with Crippen molar-refractivity contribution < 1.29 is 14.5 Å². The highest BCUT2D eigenvalue weighted by molar-refractivity contribution is 5.76. The first-order chi connectivity index (χ1) is 9.10. The molecule has 0 spiro atoms. The van der Waals surface area contributed by atoms with Crippen molar-refractivity contribution in [1.29, 1.82) is 0 Å². The molecule has 1 aromatic heterocycles. The fraction of sp³-hybridized carbons (Fsp3) is 0.500. The van der Waals surface area contributed by atoms with Crippen molar-refractivity contribution in [1.82, 2.24) is 4.98 Å². The minimum absolute atomic E-state index is 0.0343. The largest absolute Gasteiger partial charge is 0.459 e. The predicted octanol–water partition coefficient (Wildman–Crippen LogP) is 0.495. The summed E-state index contributed by atoms with van der Waals surface area (Å²) in [7, 11) is 0. The van der Waals surface area contributed by atoms with Crippen molar-refractivity contribution in [2.75, 3.05) is 0 Å². The Bertz CT molecular complexity index is 573. The quantitative estimate of drug-likeness (QED) is 0.470. The second-order valence-electron chi connectivity index (χ2n) is 5.32. The summed E-state index contributed by atoms with van der Waals surface area (Å²) in [6.07, 6.45) is 1.33. The number of aromatic nitrogens is 1. The van der Waals surface area contributed by atoms with Crippen molar-refractivity contribution in [2.24, 2.45) is 5.73 Å². The van der Waals surface area contributed by atoms with Crippen LogP contribution in [0.25, 0.3) is 0 Å². The zero-order chi connectivity index (χ0) is 15.5. The molecule has 8 heteroatoms. The standard InChI is InChI=1S/C12H17N3O5/c1-12(2,3)20-11(17)8(13)4-7-5-9(15(18)19)10(16)14-6-7/h5-6,8H,4,13H2,1-3H3,(H,14,16). The van der Waals surface area contributed by atoms with Gasteiger partial charge >= 0.3 is 17.2 Å². The third kappa shape index (κ3) is 4.47. The maximum absolute atomic E-state index is 11.7. The molecule has 1 aromatic rings. The Morgan fingerprint density at radius 1 is 1.55 bits per heavy atom. The van der Waals surface area contributed by atoms with Gasteiger partial charge in [-0.3, -0.25) is 19.7 Å². The molecule has 0 saturated carbocycles. The molecule has 1 atom stereocenters. The number of hydrogen-bond acceptors (Lipinski definition) is 6. The van der Waals surface area contributed by atoms with Gasteiger partial charge in [0, 0.05) is 12.3 Å². The highest BCUT2D eigenvalue weighted by Crippen LogP contribution is 2.11. The van der Waals surface area contributed by atoms with Gasteiger partial charge in [-0.05, 0) is 32.8 Å². The number of hydrogen-bond donors (Lipinski definition) is 2. The SMILES string of the molecule is CC(C)(C)OC(=O)C(N)Cc1c[nH]c(=O)c([N+](=O)[O-])c1. The van der Waals surface area contributed by atoms with Gasteiger partial charge in [-0.1, -0.05) is 0 Å². The molecular formula is C12H17N3O5. The van der Waals surface area contributed by atoms with Gasteiger partial charge in [0.05, 0.1) is 4.92 Å². The fourth-order valence-corrected chi connectivity index (χ4v) is 1.48. The molecule has 0 aromatic carbocycles. The molecule has 0 bridgehead atoms. The van der Waals surface area contributed by atoms with Crippen molar-refractivity contribution in [3.05, 3.63) is 38.3 Å². The first kappa shape index (κ1) is 15.8. The molecule has 3 N–H and O–H groups in total. The summed E-state index contributed by atoms with van der Waals surface area (Å²) in [5, 5.41) is 10.6. The topological polar surface area (TPSA) is 128 Å². The third-order valence-corrected chi connectivity index (χ3v) is 2.31. The Hall–Kier alpha value is -2.22. The molecule has 0 amide bonds. The van der Waals surface area contributed by atoms with E-state index in [-0.39, 0.29) is 6.42 Å². The maximum Gasteiger partial charge on any atom is 0.334 e. The van der Waals surface area contributed by atoms with Gasteiger partial charge < -0.3 is 15.5 Å². The monoisotopic (exact) mass is 283 g/mol. The van der Waals surface area contributed by atoms with E-state index in [4.69, 9.17) is 10.5 Å². The number of esters is 1. The lowest BCUT2D eigenvalue weighted by Crippen LogP contribution is -2.38. The van der Waals surface area contributed by atoms with Gasteiger partial charge in [-0.15, -0.1) is 0 Å². The van der Waals surface area contributed by atoms with Crippen LogP contribution in [-0.4, -0.2) is 27.5 Å². The van der Waals surface area contributed by atoms with E-state index in [0.29, 0.717) is 5.56 Å². The lowest BCUT2D eigenvalue weighted by atomic mass is 10.1. The van der Waals surface area contributed by atoms with Crippen LogP contribution in [0.3, 0.4) is 0 Å². The molecule has 0 saturated heterocycles. The number of pyridine rings is 1. The number of carbonyl (C=O) groups excluding carboxylic acids is 1. The summed E-state index contributed by atoms with van der Waals surface area (Å²) in [4.78, 5) is 35.0. The van der Waals surface area contributed by atoms with Crippen LogP contribution in [0.4, 0.5) is 5.69 Å². The van der Waals surface area contributed by atoms with Crippen LogP contribution >= 0.6 is 0 Å². The van der Waals surface area contributed by atoms with Crippen molar-refractivity contribution in [2.45, 2.75) is 38.8 Å². The second-order valence-corrected chi connectivity index (χ2v) is 5.32. The average molecular weight is 283 g/mol. The van der Waals surface area contributed by atoms with Crippen molar-refractivity contribution in [3.63, 3.8) is 0 Å². The second kappa shape index (κ2) is 5.83. The minimum Gasteiger partial charge on any atom is -0.459 e. The Morgan fingerprint density at radius 3 is 2.65 bits per heavy atom. The van der Waals surface area contributed by atoms with E-state index in [1.807, 2.05) is 0 Å². The van der Waals surface area contributed by atoms with Crippen LogP contribution in [0.5, 0.6) is 0 Å². The number of nitrogens with one attached hydrogen (secondary N) is 1. The lowest BCUT2D eigenvalue weighted by Gasteiger charge is -2.22. The zero-order valence-corrected chi connectivity index (χ0v) is 11.5. The molecule has 0 radical (unpaired) electrons. The summed E-state index contributed by atoms with van der Waals surface area (Å²) >= 11 is 0. The van der Waals surface area contributed by atoms with Gasteiger partial charge in [-0.2, -0.15) is 0 Å². The number of carbonyl (C=O) groups is 1. The van der Waals surface area contributed by atoms with Crippen LogP contribution in [-0.2, 0) is 16.0 Å². The van der Waals surface area contributed by atoms with Crippen LogP contribution in [0, 0.1) is 10.1 Å².